The lowest BCUT2D eigenvalue weighted by Gasteiger charge is -2.26. The van der Waals surface area contributed by atoms with E-state index < -0.39 is 23.6 Å². The lowest BCUT2D eigenvalue weighted by Crippen LogP contribution is -2.38. The highest BCUT2D eigenvalue weighted by molar-refractivity contribution is 5.83. The van der Waals surface area contributed by atoms with Crippen LogP contribution < -0.4 is 10.1 Å². The Balaban J connectivity index is 1.87. The minimum absolute atomic E-state index is 0.0974. The summed E-state index contributed by atoms with van der Waals surface area (Å²) < 4.78 is 59.1. The molecule has 0 aromatic carbocycles. The lowest BCUT2D eigenvalue weighted by molar-refractivity contribution is -0.141. The van der Waals surface area contributed by atoms with E-state index in [0.717, 1.165) is 37.0 Å². The SMILES string of the molecule is CCCCc1cc(-c2cc(C(F)(F)F)ncn2)c(C)nc1NCN(CC)C(=O)[C@H](C)c1cc(OC)ncc1F. The molecule has 210 valence electrons. The maximum absolute atomic E-state index is 14.4. The van der Waals surface area contributed by atoms with E-state index in [1.807, 2.05) is 13.8 Å². The number of ether oxygens (including phenoxy) is 1. The smallest absolute Gasteiger partial charge is 0.433 e. The van der Waals surface area contributed by atoms with Crippen LogP contribution in [-0.2, 0) is 17.4 Å². The van der Waals surface area contributed by atoms with Crippen LogP contribution in [0.1, 0.15) is 62.0 Å². The van der Waals surface area contributed by atoms with Crippen molar-refractivity contribution in [1.82, 2.24) is 24.8 Å². The number of nitrogens with one attached hydrogen (secondary N) is 1. The van der Waals surface area contributed by atoms with E-state index >= 15 is 0 Å². The lowest BCUT2D eigenvalue weighted by atomic mass is 10.0. The highest BCUT2D eigenvalue weighted by Gasteiger charge is 2.33. The Labute approximate surface area is 224 Å². The van der Waals surface area contributed by atoms with Crippen LogP contribution in [0.4, 0.5) is 23.4 Å². The van der Waals surface area contributed by atoms with Crippen LogP contribution in [0.5, 0.6) is 5.88 Å². The van der Waals surface area contributed by atoms with Gasteiger partial charge in [-0.25, -0.2) is 24.3 Å². The molecular weight excluding hydrogens is 516 g/mol. The third-order valence-electron chi connectivity index (χ3n) is 6.36. The fourth-order valence-electron chi connectivity index (χ4n) is 4.08. The summed E-state index contributed by atoms with van der Waals surface area (Å²) in [6.45, 7) is 7.58. The molecule has 1 N–H and O–H groups in total. The zero-order chi connectivity index (χ0) is 28.7. The summed E-state index contributed by atoms with van der Waals surface area (Å²) in [5.74, 6) is -0.972. The van der Waals surface area contributed by atoms with E-state index in [1.54, 1.807) is 19.9 Å². The van der Waals surface area contributed by atoms with Crippen LogP contribution in [-0.4, -0.2) is 51.1 Å². The van der Waals surface area contributed by atoms with Crippen LogP contribution in [0.25, 0.3) is 11.3 Å². The van der Waals surface area contributed by atoms with Gasteiger partial charge < -0.3 is 15.0 Å². The number of anilines is 1. The van der Waals surface area contributed by atoms with Crippen molar-refractivity contribution >= 4 is 11.7 Å². The third-order valence-corrected chi connectivity index (χ3v) is 6.36. The van der Waals surface area contributed by atoms with E-state index in [0.29, 0.717) is 30.0 Å². The number of nitrogens with zero attached hydrogens (tertiary/aromatic N) is 5. The maximum atomic E-state index is 14.4. The number of hydrogen-bond donors (Lipinski definition) is 1. The summed E-state index contributed by atoms with van der Waals surface area (Å²) in [6, 6.07) is 4.10. The van der Waals surface area contributed by atoms with Crippen molar-refractivity contribution in [2.45, 2.75) is 59.1 Å². The van der Waals surface area contributed by atoms with Gasteiger partial charge in [-0.2, -0.15) is 13.2 Å². The van der Waals surface area contributed by atoms with Crippen molar-refractivity contribution in [2.24, 2.45) is 0 Å². The molecule has 0 bridgehead atoms. The number of rotatable bonds is 11. The first-order valence-electron chi connectivity index (χ1n) is 12.6. The van der Waals surface area contributed by atoms with Crippen LogP contribution in [0.3, 0.4) is 0 Å². The largest absolute Gasteiger partial charge is 0.481 e. The summed E-state index contributed by atoms with van der Waals surface area (Å²) in [5.41, 5.74) is 0.998. The number of carbonyl (C=O) groups is 1. The summed E-state index contributed by atoms with van der Waals surface area (Å²) in [4.78, 5) is 30.6. The molecule has 0 unspecified atom stereocenters. The van der Waals surface area contributed by atoms with E-state index in [-0.39, 0.29) is 29.7 Å². The van der Waals surface area contributed by atoms with Gasteiger partial charge in [0, 0.05) is 29.4 Å². The number of halogens is 4. The molecule has 0 aliphatic rings. The third kappa shape index (κ3) is 7.18. The number of methoxy groups -OCH3 is 1. The Hall–Kier alpha value is -3.83. The standard InChI is InChI=1S/C27H32F4N6O2/c1-6-8-9-18-10-20(22-12-23(27(29,30)31)34-14-33-22)17(4)36-25(18)35-15-37(7-2)26(38)16(3)19-11-24(39-5)32-13-21(19)28/h10-14,16H,6-9,15H2,1-5H3,(H,35,36)/t16-/m1/s1. The number of aryl methyl sites for hydroxylation is 2. The monoisotopic (exact) mass is 548 g/mol. The van der Waals surface area contributed by atoms with Crippen LogP contribution >= 0.6 is 0 Å². The quantitative estimate of drug-likeness (QED) is 0.240. The second kappa shape index (κ2) is 12.8. The average molecular weight is 549 g/mol. The molecule has 1 atom stereocenters. The number of hydrogen-bond acceptors (Lipinski definition) is 7. The molecule has 0 radical (unpaired) electrons. The topological polar surface area (TPSA) is 93.1 Å². The maximum Gasteiger partial charge on any atom is 0.433 e. The van der Waals surface area contributed by atoms with Crippen LogP contribution in [0, 0.1) is 12.7 Å². The first-order valence-corrected chi connectivity index (χ1v) is 12.6. The van der Waals surface area contributed by atoms with Gasteiger partial charge in [-0.1, -0.05) is 13.3 Å². The zero-order valence-corrected chi connectivity index (χ0v) is 22.6. The molecular formula is C27H32F4N6O2. The molecule has 0 aliphatic carbocycles. The van der Waals surface area contributed by atoms with E-state index in [1.165, 1.54) is 18.1 Å². The molecule has 8 nitrogen and oxygen atoms in total. The molecule has 1 amide bonds. The van der Waals surface area contributed by atoms with E-state index in [4.69, 9.17) is 4.74 Å². The summed E-state index contributed by atoms with van der Waals surface area (Å²) in [7, 11) is 1.41. The van der Waals surface area contributed by atoms with Crippen molar-refractivity contribution in [2.75, 3.05) is 25.6 Å². The van der Waals surface area contributed by atoms with Gasteiger partial charge in [0.15, 0.2) is 0 Å². The molecule has 3 heterocycles. The van der Waals surface area contributed by atoms with Crippen LogP contribution in [0.2, 0.25) is 0 Å². The number of aromatic nitrogens is 4. The fraction of sp³-hybridized carbons (Fsp3) is 0.444. The fourth-order valence-corrected chi connectivity index (χ4v) is 4.08. The number of pyridine rings is 2. The van der Waals surface area contributed by atoms with E-state index in [9.17, 15) is 22.4 Å². The van der Waals surface area contributed by atoms with Crippen LogP contribution in [0.15, 0.2) is 30.7 Å². The van der Waals surface area contributed by atoms with Crippen molar-refractivity contribution in [1.29, 1.82) is 0 Å². The molecule has 3 aromatic heterocycles. The molecule has 0 saturated heterocycles. The summed E-state index contributed by atoms with van der Waals surface area (Å²) in [6.07, 6.45) is -0.337. The van der Waals surface area contributed by atoms with Gasteiger partial charge in [-0.05, 0) is 51.3 Å². The summed E-state index contributed by atoms with van der Waals surface area (Å²) >= 11 is 0. The molecule has 39 heavy (non-hydrogen) atoms. The molecule has 0 saturated carbocycles. The number of likely N-dealkylation sites (N-methyl/N-ethyl adjacent to an activating group) is 1. The highest BCUT2D eigenvalue weighted by atomic mass is 19.4. The first-order chi connectivity index (χ1) is 18.5. The van der Waals surface area contributed by atoms with E-state index in [2.05, 4.69) is 25.3 Å². The summed E-state index contributed by atoms with van der Waals surface area (Å²) in [5, 5.41) is 3.20. The minimum Gasteiger partial charge on any atom is -0.481 e. The number of carbonyl (C=O) groups excluding carboxylic acids is 1. The highest BCUT2D eigenvalue weighted by Crippen LogP contribution is 2.32. The van der Waals surface area contributed by atoms with Crippen molar-refractivity contribution in [3.63, 3.8) is 0 Å². The van der Waals surface area contributed by atoms with Crippen molar-refractivity contribution in [3.8, 4) is 17.1 Å². The molecule has 0 spiro atoms. The Morgan fingerprint density at radius 1 is 1.15 bits per heavy atom. The van der Waals surface area contributed by atoms with Crippen molar-refractivity contribution < 1.29 is 27.1 Å². The van der Waals surface area contributed by atoms with Gasteiger partial charge in [0.2, 0.25) is 11.8 Å². The molecule has 3 aromatic rings. The number of unbranched alkanes of at least 4 members (excludes halogenated alkanes) is 1. The Morgan fingerprint density at radius 2 is 1.90 bits per heavy atom. The first kappa shape index (κ1) is 29.7. The van der Waals surface area contributed by atoms with Gasteiger partial charge in [0.25, 0.3) is 0 Å². The van der Waals surface area contributed by atoms with Crippen molar-refractivity contribution in [3.05, 3.63) is 59.1 Å². The number of alkyl halides is 3. The predicted molar refractivity (Wildman–Crippen MR) is 139 cm³/mol. The molecule has 0 aliphatic heterocycles. The minimum atomic E-state index is -4.59. The van der Waals surface area contributed by atoms with Gasteiger partial charge in [-0.15, -0.1) is 0 Å². The molecule has 0 fully saturated rings. The van der Waals surface area contributed by atoms with Gasteiger partial charge >= 0.3 is 6.18 Å². The Kier molecular flexibility index (Phi) is 9.76. The number of amides is 1. The average Bonchev–Trinajstić information content (AvgIpc) is 2.92. The Bertz CT molecular complexity index is 1300. The Morgan fingerprint density at radius 3 is 2.54 bits per heavy atom. The second-order valence-electron chi connectivity index (χ2n) is 9.02. The predicted octanol–water partition coefficient (Wildman–Crippen LogP) is 5.77. The second-order valence-corrected chi connectivity index (χ2v) is 9.02. The molecule has 12 heteroatoms. The normalized spacial score (nSPS) is 12.2. The zero-order valence-electron chi connectivity index (χ0n) is 22.6. The van der Waals surface area contributed by atoms with Gasteiger partial charge in [0.05, 0.1) is 31.6 Å². The van der Waals surface area contributed by atoms with Gasteiger partial charge in [0.1, 0.15) is 23.7 Å². The van der Waals surface area contributed by atoms with Gasteiger partial charge in [-0.3, -0.25) is 4.79 Å². The molecule has 3 rings (SSSR count).